The molecule has 1 aromatic rings. The molecule has 5 atom stereocenters. The highest BCUT2D eigenvalue weighted by Gasteiger charge is 2.29. The predicted octanol–water partition coefficient (Wildman–Crippen LogP) is 6.41. The molecule has 1 aliphatic rings. The van der Waals surface area contributed by atoms with Crippen molar-refractivity contribution in [3.63, 3.8) is 0 Å². The Bertz CT molecular complexity index is 1050. The summed E-state index contributed by atoms with van der Waals surface area (Å²) >= 11 is 0. The van der Waals surface area contributed by atoms with E-state index in [2.05, 4.69) is 0 Å². The van der Waals surface area contributed by atoms with Crippen LogP contribution in [-0.4, -0.2) is 54.7 Å². The zero-order chi connectivity index (χ0) is 31.9. The standard InChI is InChI=1S/C32H49NO10/c1-7-12-20(3)38-31(36)42-27-17-16-24(19-28(27)43-32(37)39-21(4)13-8-2)18-26(33)30(35)41-23(6)22(5)40-29(34)25-14-10-9-11-15-25/h16-17,19-23,25-26H,7-15,18,33H2,1-6H3/t20-,21?,22?,23?,26-/m0/s1. The van der Waals surface area contributed by atoms with Gasteiger partial charge in [-0.2, -0.15) is 0 Å². The fourth-order valence-electron chi connectivity index (χ4n) is 4.75. The van der Waals surface area contributed by atoms with Crippen molar-refractivity contribution < 1.29 is 47.6 Å². The van der Waals surface area contributed by atoms with E-state index >= 15 is 0 Å². The van der Waals surface area contributed by atoms with Crippen molar-refractivity contribution in [2.24, 2.45) is 11.7 Å². The van der Waals surface area contributed by atoms with Crippen LogP contribution in [0.1, 0.15) is 105 Å². The summed E-state index contributed by atoms with van der Waals surface area (Å²) < 4.78 is 32.3. The molecule has 1 aromatic carbocycles. The van der Waals surface area contributed by atoms with Gasteiger partial charge in [-0.15, -0.1) is 0 Å². The number of esters is 2. The highest BCUT2D eigenvalue weighted by Crippen LogP contribution is 2.30. The number of carbonyl (C=O) groups is 4. The van der Waals surface area contributed by atoms with Crippen LogP contribution in [0.15, 0.2) is 18.2 Å². The zero-order valence-corrected chi connectivity index (χ0v) is 26.4. The van der Waals surface area contributed by atoms with Crippen molar-refractivity contribution in [2.45, 2.75) is 136 Å². The molecule has 11 nitrogen and oxygen atoms in total. The van der Waals surface area contributed by atoms with E-state index in [1.54, 1.807) is 33.8 Å². The van der Waals surface area contributed by atoms with Crippen LogP contribution in [-0.2, 0) is 35.0 Å². The molecule has 0 radical (unpaired) electrons. The van der Waals surface area contributed by atoms with Crippen molar-refractivity contribution in [3.05, 3.63) is 23.8 Å². The lowest BCUT2D eigenvalue weighted by Gasteiger charge is -2.26. The first-order chi connectivity index (χ1) is 20.4. The third-order valence-corrected chi connectivity index (χ3v) is 7.34. The number of benzene rings is 1. The first-order valence-electron chi connectivity index (χ1n) is 15.5. The summed E-state index contributed by atoms with van der Waals surface area (Å²) in [7, 11) is 0. The van der Waals surface area contributed by atoms with Crippen molar-refractivity contribution in [3.8, 4) is 11.5 Å². The fourth-order valence-corrected chi connectivity index (χ4v) is 4.75. The zero-order valence-electron chi connectivity index (χ0n) is 26.4. The van der Waals surface area contributed by atoms with Gasteiger partial charge in [0, 0.05) is 0 Å². The van der Waals surface area contributed by atoms with Gasteiger partial charge in [-0.05, 0) is 77.5 Å². The Kier molecular flexibility index (Phi) is 15.3. The number of hydrogen-bond donors (Lipinski definition) is 1. The molecule has 0 saturated heterocycles. The van der Waals surface area contributed by atoms with Gasteiger partial charge in [0.05, 0.1) is 5.92 Å². The molecule has 242 valence electrons. The Morgan fingerprint density at radius 3 is 1.86 bits per heavy atom. The molecule has 0 heterocycles. The largest absolute Gasteiger partial charge is 0.514 e. The summed E-state index contributed by atoms with van der Waals surface area (Å²) in [5.74, 6) is -1.21. The highest BCUT2D eigenvalue weighted by molar-refractivity contribution is 5.76. The second-order valence-corrected chi connectivity index (χ2v) is 11.3. The maximum Gasteiger partial charge on any atom is 0.514 e. The Labute approximate surface area is 255 Å². The Morgan fingerprint density at radius 2 is 1.30 bits per heavy atom. The fraction of sp³-hybridized carbons (Fsp3) is 0.688. The lowest BCUT2D eigenvalue weighted by molar-refractivity contribution is -0.169. The molecule has 1 aliphatic carbocycles. The lowest BCUT2D eigenvalue weighted by Crippen LogP contribution is -2.40. The minimum absolute atomic E-state index is 0.0255. The molecular weight excluding hydrogens is 558 g/mol. The monoisotopic (exact) mass is 607 g/mol. The van der Waals surface area contributed by atoms with Gasteiger partial charge in [0.25, 0.3) is 0 Å². The van der Waals surface area contributed by atoms with Crippen LogP contribution in [0.5, 0.6) is 11.5 Å². The third kappa shape index (κ3) is 12.8. The minimum Gasteiger partial charge on any atom is -0.459 e. The van der Waals surface area contributed by atoms with Crippen LogP contribution in [0.3, 0.4) is 0 Å². The number of ether oxygens (including phenoxy) is 6. The van der Waals surface area contributed by atoms with Crippen molar-refractivity contribution in [1.29, 1.82) is 0 Å². The van der Waals surface area contributed by atoms with E-state index in [0.717, 1.165) is 44.9 Å². The molecule has 0 bridgehead atoms. The molecule has 0 amide bonds. The maximum atomic E-state index is 12.8. The number of hydrogen-bond acceptors (Lipinski definition) is 11. The third-order valence-electron chi connectivity index (χ3n) is 7.34. The molecule has 43 heavy (non-hydrogen) atoms. The smallest absolute Gasteiger partial charge is 0.459 e. The first-order valence-corrected chi connectivity index (χ1v) is 15.5. The number of rotatable bonds is 15. The van der Waals surface area contributed by atoms with Crippen LogP contribution in [0.4, 0.5) is 9.59 Å². The predicted molar refractivity (Wildman–Crippen MR) is 159 cm³/mol. The van der Waals surface area contributed by atoms with Gasteiger partial charge in [0.15, 0.2) is 11.5 Å². The van der Waals surface area contributed by atoms with Crippen LogP contribution < -0.4 is 15.2 Å². The molecule has 0 spiro atoms. The SMILES string of the molecule is CCCC(C)OC(=O)Oc1cc(C[C@H](N)C(=O)OC(C)C(C)OC(=O)C2CCCCC2)ccc1OC(=O)O[C@@H](C)CCC. The Morgan fingerprint density at radius 1 is 0.767 bits per heavy atom. The summed E-state index contributed by atoms with van der Waals surface area (Å²) in [5.41, 5.74) is 6.66. The molecule has 11 heteroatoms. The quantitative estimate of drug-likeness (QED) is 0.134. The van der Waals surface area contributed by atoms with Gasteiger partial charge in [-0.25, -0.2) is 9.59 Å². The van der Waals surface area contributed by atoms with Crippen molar-refractivity contribution >= 4 is 24.2 Å². The molecule has 2 rings (SSSR count). The van der Waals surface area contributed by atoms with E-state index in [9.17, 15) is 19.2 Å². The average molecular weight is 608 g/mol. The van der Waals surface area contributed by atoms with Crippen molar-refractivity contribution in [2.75, 3.05) is 0 Å². The Hall–Kier alpha value is -3.34. The molecule has 0 aliphatic heterocycles. The van der Waals surface area contributed by atoms with E-state index in [4.69, 9.17) is 34.2 Å². The lowest BCUT2D eigenvalue weighted by atomic mass is 9.89. The second kappa shape index (κ2) is 18.4. The topological polar surface area (TPSA) is 150 Å². The Balaban J connectivity index is 2.06. The normalized spacial score (nSPS) is 17.0. The van der Waals surface area contributed by atoms with E-state index < -0.39 is 36.5 Å². The number of carbonyl (C=O) groups excluding carboxylic acids is 4. The summed E-state index contributed by atoms with van der Waals surface area (Å²) in [6.45, 7) is 10.8. The van der Waals surface area contributed by atoms with Crippen LogP contribution in [0, 0.1) is 5.92 Å². The van der Waals surface area contributed by atoms with Gasteiger partial charge in [-0.3, -0.25) is 9.59 Å². The van der Waals surface area contributed by atoms with E-state index in [0.29, 0.717) is 18.4 Å². The molecule has 2 N–H and O–H groups in total. The maximum absolute atomic E-state index is 12.8. The van der Waals surface area contributed by atoms with Gasteiger partial charge >= 0.3 is 24.2 Å². The molecule has 1 saturated carbocycles. The van der Waals surface area contributed by atoms with Crippen LogP contribution in [0.25, 0.3) is 0 Å². The summed E-state index contributed by atoms with van der Waals surface area (Å²) in [6.07, 6.45) is 3.76. The van der Waals surface area contributed by atoms with Crippen LogP contribution >= 0.6 is 0 Å². The average Bonchev–Trinajstić information content (AvgIpc) is 2.94. The highest BCUT2D eigenvalue weighted by atomic mass is 16.7. The van der Waals surface area contributed by atoms with Crippen LogP contribution in [0.2, 0.25) is 0 Å². The van der Waals surface area contributed by atoms with Gasteiger partial charge in [0.1, 0.15) is 30.5 Å². The van der Waals surface area contributed by atoms with Gasteiger partial charge in [-0.1, -0.05) is 52.0 Å². The number of nitrogens with two attached hydrogens (primary N) is 1. The van der Waals surface area contributed by atoms with E-state index in [1.165, 1.54) is 12.1 Å². The molecule has 3 unspecified atom stereocenters. The van der Waals surface area contributed by atoms with Crippen molar-refractivity contribution in [1.82, 2.24) is 0 Å². The molecule has 0 aromatic heterocycles. The van der Waals surface area contributed by atoms with Gasteiger partial charge in [0.2, 0.25) is 0 Å². The summed E-state index contributed by atoms with van der Waals surface area (Å²) in [4.78, 5) is 50.1. The first kappa shape index (κ1) is 35.9. The van der Waals surface area contributed by atoms with E-state index in [-0.39, 0.29) is 42.0 Å². The molecular formula is C32H49NO10. The summed E-state index contributed by atoms with van der Waals surface area (Å²) in [5, 5.41) is 0. The van der Waals surface area contributed by atoms with E-state index in [1.807, 2.05) is 13.8 Å². The molecule has 1 fully saturated rings. The minimum atomic E-state index is -1.07. The second-order valence-electron chi connectivity index (χ2n) is 11.3. The summed E-state index contributed by atoms with van der Waals surface area (Å²) in [6, 6.07) is 3.38. The van der Waals surface area contributed by atoms with Gasteiger partial charge < -0.3 is 34.2 Å².